The number of nitrogens with one attached hydrogen (secondary N) is 1. The number of aliphatic hydroxyl groups is 1. The Kier molecular flexibility index (Phi) is 4.40. The molecule has 5 nitrogen and oxygen atoms in total. The van der Waals surface area contributed by atoms with Crippen LogP contribution in [-0.4, -0.2) is 23.9 Å². The third-order valence-electron chi connectivity index (χ3n) is 3.81. The second-order valence-corrected chi connectivity index (χ2v) is 6.20. The zero-order valence-electron chi connectivity index (χ0n) is 12.7. The summed E-state index contributed by atoms with van der Waals surface area (Å²) in [6.07, 6.45) is 0. The van der Waals surface area contributed by atoms with E-state index in [1.807, 2.05) is 0 Å². The van der Waals surface area contributed by atoms with Crippen molar-refractivity contribution in [3.8, 4) is 5.75 Å². The lowest BCUT2D eigenvalue weighted by Crippen LogP contribution is -2.21. The standard InChI is InChI=1S/C18H14BrNO4/c1-24-13-4-2-3-11(9-13)15-14(17(22)18(23)20-15)16(21)10-5-7-12(19)8-6-10/h2-9,15,21H,1H3,(H,20,23)/b16-14-. The van der Waals surface area contributed by atoms with E-state index in [4.69, 9.17) is 4.74 Å². The van der Waals surface area contributed by atoms with Crippen LogP contribution >= 0.6 is 15.9 Å². The number of halogens is 1. The smallest absolute Gasteiger partial charge is 0.293 e. The summed E-state index contributed by atoms with van der Waals surface area (Å²) in [5.74, 6) is -1.08. The van der Waals surface area contributed by atoms with Gasteiger partial charge in [-0.25, -0.2) is 0 Å². The first kappa shape index (κ1) is 16.3. The van der Waals surface area contributed by atoms with Crippen molar-refractivity contribution in [3.05, 3.63) is 69.7 Å². The zero-order chi connectivity index (χ0) is 17.3. The molecule has 1 atom stereocenters. The van der Waals surface area contributed by atoms with Crippen molar-refractivity contribution in [1.29, 1.82) is 0 Å². The van der Waals surface area contributed by atoms with Crippen molar-refractivity contribution < 1.29 is 19.4 Å². The van der Waals surface area contributed by atoms with Gasteiger partial charge in [0.1, 0.15) is 11.5 Å². The Morgan fingerprint density at radius 1 is 1.17 bits per heavy atom. The highest BCUT2D eigenvalue weighted by Gasteiger charge is 2.39. The molecule has 1 aliphatic heterocycles. The Morgan fingerprint density at radius 2 is 1.88 bits per heavy atom. The van der Waals surface area contributed by atoms with Gasteiger partial charge in [-0.15, -0.1) is 0 Å². The molecule has 24 heavy (non-hydrogen) atoms. The summed E-state index contributed by atoms with van der Waals surface area (Å²) in [6.45, 7) is 0. The van der Waals surface area contributed by atoms with E-state index < -0.39 is 17.7 Å². The second kappa shape index (κ2) is 6.49. The van der Waals surface area contributed by atoms with Crippen LogP contribution in [0.25, 0.3) is 5.76 Å². The van der Waals surface area contributed by atoms with E-state index in [0.717, 1.165) is 4.47 Å². The van der Waals surface area contributed by atoms with Crippen molar-refractivity contribution in [2.24, 2.45) is 0 Å². The Bertz CT molecular complexity index is 842. The predicted octanol–water partition coefficient (Wildman–Crippen LogP) is 3.17. The molecule has 6 heteroatoms. The Balaban J connectivity index is 2.11. The van der Waals surface area contributed by atoms with Gasteiger partial charge in [0.25, 0.3) is 11.7 Å². The Morgan fingerprint density at radius 3 is 2.54 bits per heavy atom. The fourth-order valence-corrected chi connectivity index (χ4v) is 2.87. The molecule has 1 heterocycles. The molecule has 0 bridgehead atoms. The number of Topliss-reactive ketones (excluding diaryl/α,β-unsaturated/α-hetero) is 1. The summed E-state index contributed by atoms with van der Waals surface area (Å²) in [4.78, 5) is 24.1. The maximum atomic E-state index is 12.3. The number of aliphatic hydroxyl groups excluding tert-OH is 1. The fraction of sp³-hybridized carbons (Fsp3) is 0.111. The van der Waals surface area contributed by atoms with Crippen LogP contribution in [0, 0.1) is 0 Å². The number of methoxy groups -OCH3 is 1. The minimum atomic E-state index is -0.735. The molecule has 2 aromatic carbocycles. The monoisotopic (exact) mass is 387 g/mol. The highest BCUT2D eigenvalue weighted by Crippen LogP contribution is 2.34. The van der Waals surface area contributed by atoms with Crippen LogP contribution in [0.4, 0.5) is 0 Å². The van der Waals surface area contributed by atoms with Crippen LogP contribution < -0.4 is 10.1 Å². The average molecular weight is 388 g/mol. The zero-order valence-corrected chi connectivity index (χ0v) is 14.3. The molecule has 0 aliphatic carbocycles. The summed E-state index contributed by atoms with van der Waals surface area (Å²) in [7, 11) is 1.54. The molecule has 3 rings (SSSR count). The lowest BCUT2D eigenvalue weighted by atomic mass is 9.96. The number of benzene rings is 2. The van der Waals surface area contributed by atoms with Crippen molar-refractivity contribution in [1.82, 2.24) is 5.32 Å². The number of hydrogen-bond donors (Lipinski definition) is 2. The first-order valence-electron chi connectivity index (χ1n) is 7.19. The number of hydrogen-bond acceptors (Lipinski definition) is 4. The SMILES string of the molecule is COc1cccc(C2NC(=O)C(=O)/C2=C(\O)c2ccc(Br)cc2)c1. The number of amides is 1. The Labute approximate surface area is 147 Å². The topological polar surface area (TPSA) is 75.6 Å². The van der Waals surface area contributed by atoms with Crippen molar-refractivity contribution in [2.45, 2.75) is 6.04 Å². The predicted molar refractivity (Wildman–Crippen MR) is 92.6 cm³/mol. The molecule has 0 aromatic heterocycles. The molecule has 1 aliphatic rings. The first-order chi connectivity index (χ1) is 11.5. The first-order valence-corrected chi connectivity index (χ1v) is 7.98. The lowest BCUT2D eigenvalue weighted by molar-refractivity contribution is -0.133. The molecule has 1 amide bonds. The van der Waals surface area contributed by atoms with Gasteiger partial charge in [-0.1, -0.05) is 40.2 Å². The van der Waals surface area contributed by atoms with Crippen LogP contribution in [0.1, 0.15) is 17.2 Å². The van der Waals surface area contributed by atoms with Gasteiger partial charge in [0, 0.05) is 10.0 Å². The minimum Gasteiger partial charge on any atom is -0.507 e. The van der Waals surface area contributed by atoms with E-state index in [-0.39, 0.29) is 11.3 Å². The summed E-state index contributed by atoms with van der Waals surface area (Å²) in [6, 6.07) is 13.1. The highest BCUT2D eigenvalue weighted by atomic mass is 79.9. The van der Waals surface area contributed by atoms with Gasteiger partial charge in [-0.2, -0.15) is 0 Å². The number of rotatable bonds is 3. The van der Waals surface area contributed by atoms with E-state index in [2.05, 4.69) is 21.2 Å². The highest BCUT2D eigenvalue weighted by molar-refractivity contribution is 9.10. The number of carbonyl (C=O) groups is 2. The van der Waals surface area contributed by atoms with E-state index in [0.29, 0.717) is 16.9 Å². The van der Waals surface area contributed by atoms with Crippen LogP contribution in [0.15, 0.2) is 58.6 Å². The van der Waals surface area contributed by atoms with Crippen molar-refractivity contribution in [2.75, 3.05) is 7.11 Å². The van der Waals surface area contributed by atoms with Crippen LogP contribution in [0.3, 0.4) is 0 Å². The van der Waals surface area contributed by atoms with E-state index in [1.165, 1.54) is 7.11 Å². The molecule has 2 aromatic rings. The molecule has 1 unspecified atom stereocenters. The maximum Gasteiger partial charge on any atom is 0.293 e. The Hall–Kier alpha value is -2.60. The second-order valence-electron chi connectivity index (χ2n) is 5.28. The quantitative estimate of drug-likeness (QED) is 0.481. The summed E-state index contributed by atoms with van der Waals surface area (Å²) in [5.41, 5.74) is 1.16. The third kappa shape index (κ3) is 2.92. The lowest BCUT2D eigenvalue weighted by Gasteiger charge is -2.14. The van der Waals surface area contributed by atoms with Gasteiger partial charge in [0.15, 0.2) is 0 Å². The molecule has 0 saturated carbocycles. The van der Waals surface area contributed by atoms with Crippen molar-refractivity contribution in [3.63, 3.8) is 0 Å². The van der Waals surface area contributed by atoms with Gasteiger partial charge in [-0.05, 0) is 29.8 Å². The van der Waals surface area contributed by atoms with Crippen LogP contribution in [0.2, 0.25) is 0 Å². The molecule has 0 spiro atoms. The maximum absolute atomic E-state index is 12.3. The van der Waals surface area contributed by atoms with Gasteiger partial charge >= 0.3 is 0 Å². The largest absolute Gasteiger partial charge is 0.507 e. The summed E-state index contributed by atoms with van der Waals surface area (Å²) in [5, 5.41) is 13.2. The number of carbonyl (C=O) groups excluding carboxylic acids is 2. The molecule has 2 N–H and O–H groups in total. The molecular weight excluding hydrogens is 374 g/mol. The van der Waals surface area contributed by atoms with Crippen molar-refractivity contribution >= 4 is 33.4 Å². The normalized spacial score (nSPS) is 19.2. The van der Waals surface area contributed by atoms with Gasteiger partial charge in [0.05, 0.1) is 18.7 Å². The van der Waals surface area contributed by atoms with Gasteiger partial charge in [0.2, 0.25) is 0 Å². The van der Waals surface area contributed by atoms with Gasteiger partial charge < -0.3 is 15.2 Å². The fourth-order valence-electron chi connectivity index (χ4n) is 2.60. The number of ether oxygens (including phenoxy) is 1. The molecule has 122 valence electrons. The molecule has 1 saturated heterocycles. The molecule has 0 radical (unpaired) electrons. The average Bonchev–Trinajstić information content (AvgIpc) is 2.90. The van der Waals surface area contributed by atoms with Crippen LogP contribution in [-0.2, 0) is 9.59 Å². The molecule has 1 fully saturated rings. The van der Waals surface area contributed by atoms with E-state index in [1.54, 1.807) is 48.5 Å². The third-order valence-corrected chi connectivity index (χ3v) is 4.34. The summed E-state index contributed by atoms with van der Waals surface area (Å²) < 4.78 is 6.03. The van der Waals surface area contributed by atoms with E-state index in [9.17, 15) is 14.7 Å². The summed E-state index contributed by atoms with van der Waals surface area (Å²) >= 11 is 3.32. The minimum absolute atomic E-state index is 0.0376. The number of ketones is 1. The molecular formula is C18H14BrNO4. The van der Waals surface area contributed by atoms with Gasteiger partial charge in [-0.3, -0.25) is 9.59 Å². The van der Waals surface area contributed by atoms with E-state index >= 15 is 0 Å². The van der Waals surface area contributed by atoms with Crippen LogP contribution in [0.5, 0.6) is 5.75 Å².